The van der Waals surface area contributed by atoms with Gasteiger partial charge in [0.25, 0.3) is 5.91 Å². The molecule has 12 heteroatoms. The Morgan fingerprint density at radius 2 is 1.78 bits per heavy atom. The Kier molecular flexibility index (Phi) is 7.55. The van der Waals surface area contributed by atoms with E-state index >= 15 is 0 Å². The number of rotatable bonds is 6. The lowest BCUT2D eigenvalue weighted by Crippen LogP contribution is -2.63. The van der Waals surface area contributed by atoms with E-state index in [0.717, 1.165) is 28.6 Å². The van der Waals surface area contributed by atoms with Gasteiger partial charge in [0.15, 0.2) is 0 Å². The molecule has 0 radical (unpaired) electrons. The highest BCUT2D eigenvalue weighted by molar-refractivity contribution is 7.89. The SMILES string of the molecule is COc1ccc(C(=O)N2CCN(S(=O)(=O)c3ccc(F)cc3)[C@@H](C(=O)N[C@H]3CCCNC3=O)C2)cc1. The van der Waals surface area contributed by atoms with E-state index in [2.05, 4.69) is 10.6 Å². The molecule has 0 bridgehead atoms. The van der Waals surface area contributed by atoms with Crippen LogP contribution in [0.5, 0.6) is 5.75 Å². The molecule has 3 amide bonds. The van der Waals surface area contributed by atoms with E-state index in [9.17, 15) is 27.2 Å². The molecular formula is C24H27FN4O6S. The number of hydrogen-bond donors (Lipinski definition) is 2. The maximum atomic E-state index is 13.4. The van der Waals surface area contributed by atoms with Crippen molar-refractivity contribution in [3.63, 3.8) is 0 Å². The second kappa shape index (κ2) is 10.6. The largest absolute Gasteiger partial charge is 0.497 e. The highest BCUT2D eigenvalue weighted by Crippen LogP contribution is 2.24. The zero-order chi connectivity index (χ0) is 25.9. The molecule has 0 aliphatic carbocycles. The fourth-order valence-corrected chi connectivity index (χ4v) is 5.86. The number of nitrogens with zero attached hydrogens (tertiary/aromatic N) is 2. The summed E-state index contributed by atoms with van der Waals surface area (Å²) >= 11 is 0. The standard InChI is InChI=1S/C24H27FN4O6S/c1-35-18-8-4-16(5-9-18)24(32)28-13-14-29(36(33,34)19-10-6-17(25)7-11-19)21(15-28)23(31)27-20-3-2-12-26-22(20)30/h4-11,20-21H,2-3,12-15H2,1H3,(H,26,30)(H,27,31)/t20-,21+/m0/s1. The molecule has 10 nitrogen and oxygen atoms in total. The number of piperazine rings is 1. The van der Waals surface area contributed by atoms with Gasteiger partial charge in [-0.05, 0) is 61.4 Å². The first-order chi connectivity index (χ1) is 17.2. The first-order valence-corrected chi connectivity index (χ1v) is 12.9. The van der Waals surface area contributed by atoms with Gasteiger partial charge in [-0.2, -0.15) is 4.31 Å². The zero-order valence-electron chi connectivity index (χ0n) is 19.6. The van der Waals surface area contributed by atoms with Crippen LogP contribution in [-0.2, 0) is 19.6 Å². The second-order valence-corrected chi connectivity index (χ2v) is 10.5. The van der Waals surface area contributed by atoms with Gasteiger partial charge in [0.2, 0.25) is 21.8 Å². The van der Waals surface area contributed by atoms with Crippen LogP contribution >= 0.6 is 0 Å². The molecule has 0 spiro atoms. The summed E-state index contributed by atoms with van der Waals surface area (Å²) in [5, 5.41) is 5.32. The van der Waals surface area contributed by atoms with Gasteiger partial charge in [-0.25, -0.2) is 12.8 Å². The Balaban J connectivity index is 1.61. The van der Waals surface area contributed by atoms with Gasteiger partial charge >= 0.3 is 0 Å². The van der Waals surface area contributed by atoms with Crippen molar-refractivity contribution in [2.24, 2.45) is 0 Å². The topological polar surface area (TPSA) is 125 Å². The van der Waals surface area contributed by atoms with Crippen LogP contribution in [0.1, 0.15) is 23.2 Å². The van der Waals surface area contributed by atoms with Crippen LogP contribution in [0.25, 0.3) is 0 Å². The summed E-state index contributed by atoms with van der Waals surface area (Å²) in [6, 6.07) is 8.67. The molecule has 2 heterocycles. The molecule has 2 aromatic carbocycles. The molecule has 0 unspecified atom stereocenters. The van der Waals surface area contributed by atoms with Crippen LogP contribution in [0.4, 0.5) is 4.39 Å². The molecule has 0 saturated carbocycles. The minimum absolute atomic E-state index is 0.0407. The summed E-state index contributed by atoms with van der Waals surface area (Å²) < 4.78 is 46.4. The molecule has 4 rings (SSSR count). The number of hydrogen-bond acceptors (Lipinski definition) is 6. The molecule has 2 aliphatic rings. The minimum atomic E-state index is -4.20. The fraction of sp³-hybridized carbons (Fsp3) is 0.375. The van der Waals surface area contributed by atoms with E-state index in [1.165, 1.54) is 12.0 Å². The molecule has 36 heavy (non-hydrogen) atoms. The number of amides is 3. The maximum absolute atomic E-state index is 13.4. The molecule has 2 aliphatic heterocycles. The van der Waals surface area contributed by atoms with Crippen molar-refractivity contribution in [2.45, 2.75) is 29.8 Å². The van der Waals surface area contributed by atoms with Gasteiger partial charge < -0.3 is 20.3 Å². The van der Waals surface area contributed by atoms with E-state index in [0.29, 0.717) is 30.7 Å². The third-order valence-corrected chi connectivity index (χ3v) is 8.20. The average Bonchev–Trinajstić information content (AvgIpc) is 2.89. The van der Waals surface area contributed by atoms with Crippen LogP contribution in [0.3, 0.4) is 0 Å². The number of methoxy groups -OCH3 is 1. The molecule has 2 atom stereocenters. The van der Waals surface area contributed by atoms with Gasteiger partial charge in [0, 0.05) is 31.7 Å². The van der Waals surface area contributed by atoms with Crippen molar-refractivity contribution >= 4 is 27.7 Å². The van der Waals surface area contributed by atoms with E-state index in [-0.39, 0.29) is 36.3 Å². The van der Waals surface area contributed by atoms with Gasteiger partial charge in [-0.3, -0.25) is 14.4 Å². The van der Waals surface area contributed by atoms with Crippen LogP contribution < -0.4 is 15.4 Å². The van der Waals surface area contributed by atoms with Crippen LogP contribution in [0.15, 0.2) is 53.4 Å². The van der Waals surface area contributed by atoms with Crippen LogP contribution in [0.2, 0.25) is 0 Å². The predicted octanol–water partition coefficient (Wildman–Crippen LogP) is 0.744. The first-order valence-electron chi connectivity index (χ1n) is 11.5. The molecular weight excluding hydrogens is 491 g/mol. The lowest BCUT2D eigenvalue weighted by Gasteiger charge is -2.40. The summed E-state index contributed by atoms with van der Waals surface area (Å²) in [7, 11) is -2.69. The van der Waals surface area contributed by atoms with Gasteiger partial charge in [0.1, 0.15) is 23.7 Å². The zero-order valence-corrected chi connectivity index (χ0v) is 20.5. The molecule has 0 aromatic heterocycles. The van der Waals surface area contributed by atoms with E-state index < -0.39 is 33.8 Å². The Morgan fingerprint density at radius 3 is 2.42 bits per heavy atom. The Labute approximate surface area is 208 Å². The molecule has 192 valence electrons. The Bertz CT molecular complexity index is 1240. The molecule has 2 aromatic rings. The number of benzene rings is 2. The van der Waals surface area contributed by atoms with Gasteiger partial charge in [-0.1, -0.05) is 0 Å². The molecule has 2 N–H and O–H groups in total. The fourth-order valence-electron chi connectivity index (χ4n) is 4.29. The van der Waals surface area contributed by atoms with Crippen molar-refractivity contribution in [3.05, 3.63) is 59.9 Å². The first kappa shape index (κ1) is 25.6. The van der Waals surface area contributed by atoms with Crippen LogP contribution in [-0.4, -0.2) is 80.7 Å². The number of piperidine rings is 1. The van der Waals surface area contributed by atoms with Crippen LogP contribution in [0, 0.1) is 5.82 Å². The Hall–Kier alpha value is -3.51. The highest BCUT2D eigenvalue weighted by Gasteiger charge is 2.42. The molecule has 2 saturated heterocycles. The summed E-state index contributed by atoms with van der Waals surface area (Å²) in [6.45, 7) is 0.171. The maximum Gasteiger partial charge on any atom is 0.253 e. The third kappa shape index (κ3) is 5.34. The number of nitrogens with one attached hydrogen (secondary N) is 2. The van der Waals surface area contributed by atoms with E-state index in [4.69, 9.17) is 4.74 Å². The summed E-state index contributed by atoms with van der Waals surface area (Å²) in [5.41, 5.74) is 0.358. The Morgan fingerprint density at radius 1 is 1.08 bits per heavy atom. The predicted molar refractivity (Wildman–Crippen MR) is 127 cm³/mol. The van der Waals surface area contributed by atoms with Gasteiger partial charge in [0.05, 0.1) is 12.0 Å². The van der Waals surface area contributed by atoms with E-state index in [1.54, 1.807) is 24.3 Å². The lowest BCUT2D eigenvalue weighted by atomic mass is 10.1. The van der Waals surface area contributed by atoms with Gasteiger partial charge in [-0.15, -0.1) is 0 Å². The number of ether oxygens (including phenoxy) is 1. The highest BCUT2D eigenvalue weighted by atomic mass is 32.2. The van der Waals surface area contributed by atoms with Crippen molar-refractivity contribution in [1.29, 1.82) is 0 Å². The number of halogens is 1. The third-order valence-electron chi connectivity index (χ3n) is 6.28. The minimum Gasteiger partial charge on any atom is -0.497 e. The summed E-state index contributed by atoms with van der Waals surface area (Å²) in [6.07, 6.45) is 1.09. The monoisotopic (exact) mass is 518 g/mol. The molecule has 2 fully saturated rings. The van der Waals surface area contributed by atoms with Crippen molar-refractivity contribution < 1.29 is 31.9 Å². The second-order valence-electron chi connectivity index (χ2n) is 8.56. The summed E-state index contributed by atoms with van der Waals surface area (Å²) in [5.74, 6) is -1.42. The number of sulfonamides is 1. The number of carbonyl (C=O) groups is 3. The van der Waals surface area contributed by atoms with Crippen molar-refractivity contribution in [1.82, 2.24) is 19.8 Å². The normalized spacial score (nSPS) is 20.9. The smallest absolute Gasteiger partial charge is 0.253 e. The van der Waals surface area contributed by atoms with Crippen molar-refractivity contribution in [2.75, 3.05) is 33.3 Å². The summed E-state index contributed by atoms with van der Waals surface area (Å²) in [4.78, 5) is 39.9. The average molecular weight is 519 g/mol. The van der Waals surface area contributed by atoms with Crippen molar-refractivity contribution in [3.8, 4) is 5.75 Å². The quantitative estimate of drug-likeness (QED) is 0.581. The van der Waals surface area contributed by atoms with E-state index in [1.807, 2.05) is 0 Å². The lowest BCUT2D eigenvalue weighted by molar-refractivity contribution is -0.132. The number of carbonyl (C=O) groups excluding carboxylic acids is 3.